The van der Waals surface area contributed by atoms with Crippen molar-refractivity contribution in [2.75, 3.05) is 0 Å². The molecule has 0 aromatic heterocycles. The Balaban J connectivity index is 2.48. The molecule has 1 aliphatic rings. The molecule has 1 unspecified atom stereocenters. The second-order valence-corrected chi connectivity index (χ2v) is 3.06. The van der Waals surface area contributed by atoms with E-state index in [9.17, 15) is 4.79 Å². The van der Waals surface area contributed by atoms with Gasteiger partial charge in [-0.1, -0.05) is 6.42 Å². The minimum atomic E-state index is -0.437. The van der Waals surface area contributed by atoms with E-state index in [1.807, 2.05) is 0 Å². The second-order valence-electron chi connectivity index (χ2n) is 3.06. The lowest BCUT2D eigenvalue weighted by Gasteiger charge is -2.22. The molecule has 2 atom stereocenters. The zero-order valence-corrected chi connectivity index (χ0v) is 6.34. The van der Waals surface area contributed by atoms with Crippen LogP contribution in [0.25, 0.3) is 0 Å². The first-order valence-electron chi connectivity index (χ1n) is 3.92. The second kappa shape index (κ2) is 3.15. The first-order valence-corrected chi connectivity index (χ1v) is 3.92. The maximum absolute atomic E-state index is 11.1. The Morgan fingerprint density at radius 2 is 2.30 bits per heavy atom. The average Bonchev–Trinajstić information content (AvgIpc) is 1.88. The molecule has 0 amide bonds. The summed E-state index contributed by atoms with van der Waals surface area (Å²) < 4.78 is 0. The van der Waals surface area contributed by atoms with Gasteiger partial charge in [-0.05, 0) is 19.8 Å². The minimum absolute atomic E-state index is 0.0613. The SMILES string of the molecule is CC(O)[C@@H]1CCCCC1=O. The molecule has 0 spiro atoms. The summed E-state index contributed by atoms with van der Waals surface area (Å²) in [7, 11) is 0. The lowest BCUT2D eigenvalue weighted by Crippen LogP contribution is -2.28. The van der Waals surface area contributed by atoms with Crippen LogP contribution in [0.5, 0.6) is 0 Å². The predicted molar refractivity (Wildman–Crippen MR) is 38.6 cm³/mol. The molecule has 0 bridgehead atoms. The van der Waals surface area contributed by atoms with E-state index >= 15 is 0 Å². The zero-order chi connectivity index (χ0) is 7.56. The molecule has 1 aliphatic carbocycles. The fourth-order valence-electron chi connectivity index (χ4n) is 1.52. The number of rotatable bonds is 1. The van der Waals surface area contributed by atoms with E-state index in [0.29, 0.717) is 6.42 Å². The molecule has 0 radical (unpaired) electrons. The highest BCUT2D eigenvalue weighted by Crippen LogP contribution is 2.22. The highest BCUT2D eigenvalue weighted by molar-refractivity contribution is 5.82. The number of ketones is 1. The number of hydrogen-bond acceptors (Lipinski definition) is 2. The third kappa shape index (κ3) is 1.57. The molecule has 1 fully saturated rings. The molecule has 1 N–H and O–H groups in total. The first kappa shape index (κ1) is 7.73. The van der Waals surface area contributed by atoms with Gasteiger partial charge in [-0.2, -0.15) is 0 Å². The van der Waals surface area contributed by atoms with E-state index in [1.165, 1.54) is 0 Å². The van der Waals surface area contributed by atoms with E-state index in [0.717, 1.165) is 19.3 Å². The van der Waals surface area contributed by atoms with Gasteiger partial charge < -0.3 is 5.11 Å². The van der Waals surface area contributed by atoms with Crippen LogP contribution in [0, 0.1) is 5.92 Å². The van der Waals surface area contributed by atoms with Crippen molar-refractivity contribution in [1.82, 2.24) is 0 Å². The minimum Gasteiger partial charge on any atom is -0.393 e. The normalized spacial score (nSPS) is 30.2. The van der Waals surface area contributed by atoms with Gasteiger partial charge in [0.15, 0.2) is 0 Å². The van der Waals surface area contributed by atoms with Gasteiger partial charge in [-0.3, -0.25) is 4.79 Å². The third-order valence-corrected chi connectivity index (χ3v) is 2.18. The Morgan fingerprint density at radius 1 is 1.60 bits per heavy atom. The van der Waals surface area contributed by atoms with E-state index in [-0.39, 0.29) is 11.7 Å². The summed E-state index contributed by atoms with van der Waals surface area (Å²) in [6.45, 7) is 1.70. The highest BCUT2D eigenvalue weighted by atomic mass is 16.3. The van der Waals surface area contributed by atoms with Crippen LogP contribution < -0.4 is 0 Å². The summed E-state index contributed by atoms with van der Waals surface area (Å²) in [4.78, 5) is 11.1. The maximum Gasteiger partial charge on any atom is 0.138 e. The van der Waals surface area contributed by atoms with Gasteiger partial charge in [0.1, 0.15) is 5.78 Å². The summed E-state index contributed by atoms with van der Waals surface area (Å²) in [5, 5.41) is 9.13. The van der Waals surface area contributed by atoms with Crippen LogP contribution in [0.3, 0.4) is 0 Å². The molecule has 2 nitrogen and oxygen atoms in total. The van der Waals surface area contributed by atoms with E-state index in [1.54, 1.807) is 6.92 Å². The Kier molecular flexibility index (Phi) is 2.44. The van der Waals surface area contributed by atoms with Gasteiger partial charge in [0.25, 0.3) is 0 Å². The fourth-order valence-corrected chi connectivity index (χ4v) is 1.52. The number of Topliss-reactive ketones (excluding diaryl/α,β-unsaturated/α-hetero) is 1. The highest BCUT2D eigenvalue weighted by Gasteiger charge is 2.25. The number of aliphatic hydroxyl groups excluding tert-OH is 1. The topological polar surface area (TPSA) is 37.3 Å². The van der Waals surface area contributed by atoms with Crippen molar-refractivity contribution in [2.24, 2.45) is 5.92 Å². The first-order chi connectivity index (χ1) is 4.72. The Morgan fingerprint density at radius 3 is 2.70 bits per heavy atom. The van der Waals surface area contributed by atoms with E-state index < -0.39 is 6.10 Å². The number of hydrogen-bond donors (Lipinski definition) is 1. The van der Waals surface area contributed by atoms with Crippen LogP contribution in [-0.2, 0) is 4.79 Å². The third-order valence-electron chi connectivity index (χ3n) is 2.18. The van der Waals surface area contributed by atoms with Crippen LogP contribution in [0.1, 0.15) is 32.6 Å². The summed E-state index contributed by atoms with van der Waals surface area (Å²) >= 11 is 0. The summed E-state index contributed by atoms with van der Waals surface area (Å²) in [6, 6.07) is 0. The summed E-state index contributed by atoms with van der Waals surface area (Å²) in [5.41, 5.74) is 0. The van der Waals surface area contributed by atoms with Crippen LogP contribution in [0.2, 0.25) is 0 Å². The Hall–Kier alpha value is -0.370. The molecule has 2 heteroatoms. The smallest absolute Gasteiger partial charge is 0.138 e. The van der Waals surface area contributed by atoms with Crippen LogP contribution in [0.4, 0.5) is 0 Å². The van der Waals surface area contributed by atoms with Gasteiger partial charge in [-0.15, -0.1) is 0 Å². The molecule has 0 saturated heterocycles. The Labute approximate surface area is 61.2 Å². The standard InChI is InChI=1S/C8H14O2/c1-6(9)7-4-2-3-5-8(7)10/h6-7,9H,2-5H2,1H3/t6?,7-/m0/s1. The molecule has 0 aromatic rings. The van der Waals surface area contributed by atoms with E-state index in [4.69, 9.17) is 5.11 Å². The predicted octanol–water partition coefficient (Wildman–Crippen LogP) is 1.13. The monoisotopic (exact) mass is 142 g/mol. The number of carbonyl (C=O) groups excluding carboxylic acids is 1. The molecular formula is C8H14O2. The van der Waals surface area contributed by atoms with Gasteiger partial charge in [0.05, 0.1) is 6.10 Å². The van der Waals surface area contributed by atoms with Gasteiger partial charge in [0.2, 0.25) is 0 Å². The summed E-state index contributed by atoms with van der Waals surface area (Å²) in [6.07, 6.45) is 3.24. The molecule has 1 saturated carbocycles. The van der Waals surface area contributed by atoms with Gasteiger partial charge >= 0.3 is 0 Å². The lowest BCUT2D eigenvalue weighted by atomic mass is 9.85. The molecule has 10 heavy (non-hydrogen) atoms. The van der Waals surface area contributed by atoms with Gasteiger partial charge in [-0.25, -0.2) is 0 Å². The molecule has 58 valence electrons. The zero-order valence-electron chi connectivity index (χ0n) is 6.34. The average molecular weight is 142 g/mol. The molecule has 0 aromatic carbocycles. The van der Waals surface area contributed by atoms with Crippen molar-refractivity contribution in [3.05, 3.63) is 0 Å². The summed E-state index contributed by atoms with van der Waals surface area (Å²) in [5.74, 6) is 0.190. The van der Waals surface area contributed by atoms with Crippen molar-refractivity contribution in [3.63, 3.8) is 0 Å². The van der Waals surface area contributed by atoms with E-state index in [2.05, 4.69) is 0 Å². The molecule has 0 aliphatic heterocycles. The van der Waals surface area contributed by atoms with Crippen LogP contribution >= 0.6 is 0 Å². The van der Waals surface area contributed by atoms with Crippen LogP contribution in [-0.4, -0.2) is 17.0 Å². The lowest BCUT2D eigenvalue weighted by molar-refractivity contribution is -0.127. The van der Waals surface area contributed by atoms with Gasteiger partial charge in [0, 0.05) is 12.3 Å². The van der Waals surface area contributed by atoms with Crippen molar-refractivity contribution in [1.29, 1.82) is 0 Å². The van der Waals surface area contributed by atoms with Crippen molar-refractivity contribution in [2.45, 2.75) is 38.7 Å². The maximum atomic E-state index is 11.1. The van der Waals surface area contributed by atoms with Crippen molar-refractivity contribution < 1.29 is 9.90 Å². The number of aliphatic hydroxyl groups is 1. The number of carbonyl (C=O) groups is 1. The molecule has 0 heterocycles. The van der Waals surface area contributed by atoms with Crippen LogP contribution in [0.15, 0.2) is 0 Å². The largest absolute Gasteiger partial charge is 0.393 e. The quantitative estimate of drug-likeness (QED) is 0.595. The van der Waals surface area contributed by atoms with Crippen molar-refractivity contribution >= 4 is 5.78 Å². The molecule has 1 rings (SSSR count). The fraction of sp³-hybridized carbons (Fsp3) is 0.875. The molecular weight excluding hydrogens is 128 g/mol. The van der Waals surface area contributed by atoms with Crippen molar-refractivity contribution in [3.8, 4) is 0 Å². The Bertz CT molecular complexity index is 129.